The Balaban J connectivity index is 2.11. The SMILES string of the molecule is Cc1ccc(OCC2CCC(C)(C)O2)c(S(=O)(=O)Cl)c1. The fourth-order valence-corrected chi connectivity index (χ4v) is 3.36. The van der Waals surface area contributed by atoms with Gasteiger partial charge in [0.2, 0.25) is 0 Å². The molecule has 0 bridgehead atoms. The minimum Gasteiger partial charge on any atom is -0.489 e. The highest BCUT2D eigenvalue weighted by Gasteiger charge is 2.32. The zero-order valence-electron chi connectivity index (χ0n) is 11.8. The van der Waals surface area contributed by atoms with Crippen LogP contribution in [0.2, 0.25) is 0 Å². The van der Waals surface area contributed by atoms with Crippen molar-refractivity contribution in [3.8, 4) is 5.75 Å². The third kappa shape index (κ3) is 3.87. The van der Waals surface area contributed by atoms with Gasteiger partial charge in [0.1, 0.15) is 17.3 Å². The third-order valence-corrected chi connectivity index (χ3v) is 4.68. The molecule has 0 aliphatic carbocycles. The average Bonchev–Trinajstić information content (AvgIpc) is 2.66. The molecule has 2 rings (SSSR count). The van der Waals surface area contributed by atoms with Crippen LogP contribution in [0, 0.1) is 6.92 Å². The van der Waals surface area contributed by atoms with Crippen LogP contribution in [0.25, 0.3) is 0 Å². The number of ether oxygens (including phenoxy) is 2. The molecule has 1 atom stereocenters. The van der Waals surface area contributed by atoms with E-state index in [1.807, 2.05) is 13.8 Å². The van der Waals surface area contributed by atoms with Gasteiger partial charge in [0.25, 0.3) is 9.05 Å². The smallest absolute Gasteiger partial charge is 0.264 e. The predicted octanol–water partition coefficient (Wildman–Crippen LogP) is 3.26. The fraction of sp³-hybridized carbons (Fsp3) is 0.571. The van der Waals surface area contributed by atoms with E-state index in [2.05, 4.69) is 0 Å². The molecule has 1 aliphatic rings. The molecule has 0 aromatic heterocycles. The van der Waals surface area contributed by atoms with Gasteiger partial charge in [-0.3, -0.25) is 0 Å². The standard InChI is InChI=1S/C14H19ClO4S/c1-10-4-5-12(13(8-10)20(15,16)17)18-9-11-6-7-14(2,3)19-11/h4-5,8,11H,6-7,9H2,1-3H3. The fourth-order valence-electron chi connectivity index (χ4n) is 2.30. The predicted molar refractivity (Wildman–Crippen MR) is 77.9 cm³/mol. The Kier molecular flexibility index (Phi) is 4.33. The van der Waals surface area contributed by atoms with E-state index in [-0.39, 0.29) is 22.4 Å². The molecular formula is C14H19ClO4S. The van der Waals surface area contributed by atoms with Gasteiger partial charge < -0.3 is 9.47 Å². The van der Waals surface area contributed by atoms with Crippen LogP contribution in [0.3, 0.4) is 0 Å². The van der Waals surface area contributed by atoms with E-state index < -0.39 is 9.05 Å². The van der Waals surface area contributed by atoms with Crippen molar-refractivity contribution in [1.29, 1.82) is 0 Å². The molecule has 0 saturated carbocycles. The van der Waals surface area contributed by atoms with Crippen LogP contribution in [-0.4, -0.2) is 26.7 Å². The van der Waals surface area contributed by atoms with Gasteiger partial charge in [0.05, 0.1) is 11.7 Å². The van der Waals surface area contributed by atoms with Gasteiger partial charge in [0, 0.05) is 10.7 Å². The van der Waals surface area contributed by atoms with Crippen LogP contribution in [0.1, 0.15) is 32.3 Å². The molecule has 1 aliphatic heterocycles. The second-order valence-corrected chi connectivity index (χ2v) is 8.27. The first kappa shape index (κ1) is 15.6. The number of hydrogen-bond acceptors (Lipinski definition) is 4. The maximum Gasteiger partial charge on any atom is 0.264 e. The normalized spacial score (nSPS) is 21.9. The number of benzene rings is 1. The molecule has 0 radical (unpaired) electrons. The van der Waals surface area contributed by atoms with Gasteiger partial charge >= 0.3 is 0 Å². The Morgan fingerprint density at radius 1 is 1.45 bits per heavy atom. The molecule has 1 fully saturated rings. The lowest BCUT2D eigenvalue weighted by molar-refractivity contribution is -0.0330. The minimum absolute atomic E-state index is 0.0106. The van der Waals surface area contributed by atoms with Gasteiger partial charge in [0.15, 0.2) is 0 Å². The third-order valence-electron chi connectivity index (χ3n) is 3.34. The van der Waals surface area contributed by atoms with Crippen molar-refractivity contribution >= 4 is 19.7 Å². The van der Waals surface area contributed by atoms with Crippen LogP contribution in [0.15, 0.2) is 23.1 Å². The van der Waals surface area contributed by atoms with Gasteiger partial charge in [-0.05, 0) is 51.3 Å². The first-order valence-corrected chi connectivity index (χ1v) is 8.84. The second-order valence-electron chi connectivity index (χ2n) is 5.74. The van der Waals surface area contributed by atoms with Gasteiger partial charge in [-0.1, -0.05) is 6.07 Å². The molecule has 112 valence electrons. The van der Waals surface area contributed by atoms with E-state index in [1.165, 1.54) is 6.07 Å². The summed E-state index contributed by atoms with van der Waals surface area (Å²) in [7, 11) is 1.62. The molecule has 0 amide bonds. The summed E-state index contributed by atoms with van der Waals surface area (Å²) in [6, 6.07) is 4.93. The van der Waals surface area contributed by atoms with Crippen molar-refractivity contribution in [3.63, 3.8) is 0 Å². The Bertz CT molecular complexity index is 595. The zero-order valence-corrected chi connectivity index (χ0v) is 13.4. The van der Waals surface area contributed by atoms with E-state index in [4.69, 9.17) is 20.2 Å². The lowest BCUT2D eigenvalue weighted by Crippen LogP contribution is -2.24. The number of rotatable bonds is 4. The Labute approximate surface area is 124 Å². The molecule has 4 nitrogen and oxygen atoms in total. The summed E-state index contributed by atoms with van der Waals surface area (Å²) in [5.41, 5.74) is 0.678. The van der Waals surface area contributed by atoms with E-state index in [9.17, 15) is 8.42 Å². The minimum atomic E-state index is -3.82. The van der Waals surface area contributed by atoms with Gasteiger partial charge in [-0.15, -0.1) is 0 Å². The number of halogens is 1. The van der Waals surface area contributed by atoms with Crippen molar-refractivity contribution in [2.24, 2.45) is 0 Å². The first-order chi connectivity index (χ1) is 9.17. The van der Waals surface area contributed by atoms with Crippen LogP contribution in [0.5, 0.6) is 5.75 Å². The van der Waals surface area contributed by atoms with Crippen LogP contribution in [-0.2, 0) is 13.8 Å². The summed E-state index contributed by atoms with van der Waals surface area (Å²) in [5.74, 6) is 0.277. The summed E-state index contributed by atoms with van der Waals surface area (Å²) in [5, 5.41) is 0. The van der Waals surface area contributed by atoms with Crippen molar-refractivity contribution in [2.75, 3.05) is 6.61 Å². The van der Waals surface area contributed by atoms with Gasteiger partial charge in [-0.2, -0.15) is 0 Å². The number of hydrogen-bond donors (Lipinski definition) is 0. The lowest BCUT2D eigenvalue weighted by atomic mass is 10.1. The summed E-state index contributed by atoms with van der Waals surface area (Å²) >= 11 is 0. The lowest BCUT2D eigenvalue weighted by Gasteiger charge is -2.20. The maximum absolute atomic E-state index is 11.6. The Hall–Kier alpha value is -0.780. The Morgan fingerprint density at radius 3 is 2.70 bits per heavy atom. The quantitative estimate of drug-likeness (QED) is 0.800. The molecule has 0 spiro atoms. The van der Waals surface area contributed by atoms with Crippen LogP contribution >= 0.6 is 10.7 Å². The van der Waals surface area contributed by atoms with Gasteiger partial charge in [-0.25, -0.2) is 8.42 Å². The van der Waals surface area contributed by atoms with Crippen molar-refractivity contribution in [3.05, 3.63) is 23.8 Å². The summed E-state index contributed by atoms with van der Waals surface area (Å²) in [6.45, 7) is 6.20. The second kappa shape index (κ2) is 5.54. The molecule has 1 aromatic rings. The summed E-state index contributed by atoms with van der Waals surface area (Å²) in [6.07, 6.45) is 1.86. The molecule has 1 aromatic carbocycles. The zero-order chi connectivity index (χ0) is 15.0. The Morgan fingerprint density at radius 2 is 2.15 bits per heavy atom. The maximum atomic E-state index is 11.6. The molecule has 1 saturated heterocycles. The highest BCUT2D eigenvalue weighted by atomic mass is 35.7. The highest BCUT2D eigenvalue weighted by Crippen LogP contribution is 2.32. The molecule has 6 heteroatoms. The van der Waals surface area contributed by atoms with E-state index in [0.29, 0.717) is 6.61 Å². The monoisotopic (exact) mass is 318 g/mol. The summed E-state index contributed by atoms with van der Waals surface area (Å²) in [4.78, 5) is 0.0106. The largest absolute Gasteiger partial charge is 0.489 e. The molecule has 20 heavy (non-hydrogen) atoms. The van der Waals surface area contributed by atoms with Crippen LogP contribution < -0.4 is 4.74 Å². The van der Waals surface area contributed by atoms with E-state index in [0.717, 1.165) is 18.4 Å². The van der Waals surface area contributed by atoms with Crippen molar-refractivity contribution < 1.29 is 17.9 Å². The highest BCUT2D eigenvalue weighted by molar-refractivity contribution is 8.13. The van der Waals surface area contributed by atoms with Crippen LogP contribution in [0.4, 0.5) is 0 Å². The molecule has 1 unspecified atom stereocenters. The number of aryl methyl sites for hydroxylation is 1. The summed E-state index contributed by atoms with van der Waals surface area (Å²) < 4.78 is 34.5. The molecule has 0 N–H and O–H groups in total. The van der Waals surface area contributed by atoms with Crippen molar-refractivity contribution in [2.45, 2.75) is 50.2 Å². The topological polar surface area (TPSA) is 52.6 Å². The van der Waals surface area contributed by atoms with Crippen molar-refractivity contribution in [1.82, 2.24) is 0 Å². The molecule has 1 heterocycles. The average molecular weight is 319 g/mol. The molecular weight excluding hydrogens is 300 g/mol. The van der Waals surface area contributed by atoms with E-state index >= 15 is 0 Å². The van der Waals surface area contributed by atoms with E-state index in [1.54, 1.807) is 19.1 Å². The first-order valence-electron chi connectivity index (χ1n) is 6.53.